The van der Waals surface area contributed by atoms with Crippen molar-refractivity contribution in [3.63, 3.8) is 0 Å². The number of hydrogen-bond donors (Lipinski definition) is 3. The molecule has 0 aliphatic carbocycles. The normalized spacial score (nSPS) is 16.8. The molecule has 6 nitrogen and oxygen atoms in total. The summed E-state index contributed by atoms with van der Waals surface area (Å²) in [4.78, 5) is 29.2. The molecule has 0 saturated carbocycles. The summed E-state index contributed by atoms with van der Waals surface area (Å²) in [6.07, 6.45) is 0.267. The summed E-state index contributed by atoms with van der Waals surface area (Å²) in [7, 11) is 0. The van der Waals surface area contributed by atoms with Crippen LogP contribution in [-0.2, 0) is 22.5 Å². The number of rotatable bonds is 3. The molecule has 4 rings (SSSR count). The van der Waals surface area contributed by atoms with E-state index < -0.39 is 6.10 Å². The van der Waals surface area contributed by atoms with Crippen LogP contribution < -0.4 is 11.0 Å². The van der Waals surface area contributed by atoms with Gasteiger partial charge in [-0.3, -0.25) is 4.79 Å². The second kappa shape index (κ2) is 5.98. The van der Waals surface area contributed by atoms with Gasteiger partial charge in [0, 0.05) is 6.54 Å². The number of nitrogens with one attached hydrogen (secondary N) is 3. The maximum atomic E-state index is 12.5. The molecule has 122 valence electrons. The Bertz CT molecular complexity index is 957. The Balaban J connectivity index is 1.49. The lowest BCUT2D eigenvalue weighted by molar-refractivity contribution is -0.134. The summed E-state index contributed by atoms with van der Waals surface area (Å²) in [6, 6.07) is 13.4. The molecule has 6 heteroatoms. The number of aromatic amines is 2. The zero-order valence-corrected chi connectivity index (χ0v) is 13.0. The number of benzene rings is 2. The van der Waals surface area contributed by atoms with Crippen LogP contribution in [0.15, 0.2) is 47.3 Å². The Hall–Kier alpha value is -2.86. The van der Waals surface area contributed by atoms with Crippen molar-refractivity contribution in [1.82, 2.24) is 15.3 Å². The number of aromatic nitrogens is 2. The highest BCUT2D eigenvalue weighted by Crippen LogP contribution is 2.27. The lowest BCUT2D eigenvalue weighted by Gasteiger charge is -2.25. The van der Waals surface area contributed by atoms with Crippen molar-refractivity contribution in [2.75, 3.05) is 6.61 Å². The average molecular weight is 323 g/mol. The molecule has 0 bridgehead atoms. The number of carbonyl (C=O) groups is 1. The third kappa shape index (κ3) is 2.72. The minimum Gasteiger partial charge on any atom is -0.363 e. The number of hydrogen-bond acceptors (Lipinski definition) is 3. The molecule has 3 aromatic rings. The molecule has 1 aliphatic rings. The van der Waals surface area contributed by atoms with Crippen LogP contribution in [0.1, 0.15) is 22.8 Å². The number of amides is 1. The quantitative estimate of drug-likeness (QED) is 0.687. The second-order valence-electron chi connectivity index (χ2n) is 5.88. The van der Waals surface area contributed by atoms with Crippen LogP contribution in [0.5, 0.6) is 0 Å². The first-order chi connectivity index (χ1) is 11.7. The van der Waals surface area contributed by atoms with Gasteiger partial charge in [0.15, 0.2) is 6.10 Å². The molecule has 1 atom stereocenters. The topological polar surface area (TPSA) is 87.0 Å². The van der Waals surface area contributed by atoms with E-state index in [2.05, 4.69) is 15.3 Å². The van der Waals surface area contributed by atoms with E-state index in [1.807, 2.05) is 42.5 Å². The molecular formula is C18H17N3O3. The highest BCUT2D eigenvalue weighted by Gasteiger charge is 2.26. The van der Waals surface area contributed by atoms with E-state index in [1.165, 1.54) is 0 Å². The maximum Gasteiger partial charge on any atom is 0.323 e. The summed E-state index contributed by atoms with van der Waals surface area (Å²) < 4.78 is 5.66. The molecule has 1 aliphatic heterocycles. The van der Waals surface area contributed by atoms with Crippen LogP contribution in [0.4, 0.5) is 0 Å². The third-order valence-corrected chi connectivity index (χ3v) is 4.28. The molecule has 0 fully saturated rings. The van der Waals surface area contributed by atoms with Crippen molar-refractivity contribution >= 4 is 16.9 Å². The van der Waals surface area contributed by atoms with E-state index in [4.69, 9.17) is 4.74 Å². The minimum atomic E-state index is -0.564. The first-order valence-electron chi connectivity index (χ1n) is 7.89. The van der Waals surface area contributed by atoms with E-state index in [-0.39, 0.29) is 11.6 Å². The van der Waals surface area contributed by atoms with Crippen molar-refractivity contribution in [2.45, 2.75) is 19.1 Å². The summed E-state index contributed by atoms with van der Waals surface area (Å²) in [6.45, 7) is 0.926. The van der Waals surface area contributed by atoms with E-state index in [0.717, 1.165) is 34.1 Å². The summed E-state index contributed by atoms with van der Waals surface area (Å²) >= 11 is 0. The Kier molecular flexibility index (Phi) is 3.66. The van der Waals surface area contributed by atoms with E-state index in [9.17, 15) is 9.59 Å². The van der Waals surface area contributed by atoms with E-state index in [0.29, 0.717) is 13.2 Å². The number of carbonyl (C=O) groups excluding carboxylic acids is 1. The van der Waals surface area contributed by atoms with Gasteiger partial charge in [-0.05, 0) is 35.2 Å². The van der Waals surface area contributed by atoms with Crippen molar-refractivity contribution in [3.05, 3.63) is 69.6 Å². The molecule has 3 N–H and O–H groups in total. The molecule has 1 amide bonds. The van der Waals surface area contributed by atoms with Crippen molar-refractivity contribution in [1.29, 1.82) is 0 Å². The Morgan fingerprint density at radius 1 is 1.17 bits per heavy atom. The standard InChI is InChI=1S/C18H17N3O3/c22-17(16-13-4-2-1-3-12(13)7-8-24-16)19-10-11-5-6-14-15(9-11)21-18(23)20-14/h1-6,9,16H,7-8,10H2,(H,19,22)(H2,20,21,23). The molecule has 2 heterocycles. The largest absolute Gasteiger partial charge is 0.363 e. The van der Waals surface area contributed by atoms with Gasteiger partial charge in [-0.25, -0.2) is 4.79 Å². The lowest BCUT2D eigenvalue weighted by atomic mass is 9.97. The van der Waals surface area contributed by atoms with Crippen LogP contribution in [-0.4, -0.2) is 22.5 Å². The number of imidazole rings is 1. The second-order valence-corrected chi connectivity index (χ2v) is 5.88. The fourth-order valence-corrected chi connectivity index (χ4v) is 3.08. The van der Waals surface area contributed by atoms with Gasteiger partial charge in [0.2, 0.25) is 0 Å². The van der Waals surface area contributed by atoms with Gasteiger partial charge in [-0.2, -0.15) is 0 Å². The predicted molar refractivity (Wildman–Crippen MR) is 89.6 cm³/mol. The fourth-order valence-electron chi connectivity index (χ4n) is 3.08. The van der Waals surface area contributed by atoms with Gasteiger partial charge in [-0.1, -0.05) is 30.3 Å². The Morgan fingerprint density at radius 2 is 2.00 bits per heavy atom. The molecule has 1 unspecified atom stereocenters. The highest BCUT2D eigenvalue weighted by molar-refractivity contribution is 5.83. The smallest absolute Gasteiger partial charge is 0.323 e. The van der Waals surface area contributed by atoms with Crippen molar-refractivity contribution in [3.8, 4) is 0 Å². The molecule has 0 spiro atoms. The van der Waals surface area contributed by atoms with Crippen molar-refractivity contribution < 1.29 is 9.53 Å². The van der Waals surface area contributed by atoms with Crippen LogP contribution in [0.2, 0.25) is 0 Å². The van der Waals surface area contributed by atoms with Gasteiger partial charge in [0.25, 0.3) is 5.91 Å². The molecule has 2 aromatic carbocycles. The first kappa shape index (κ1) is 14.7. The average Bonchev–Trinajstić information content (AvgIpc) is 2.98. The van der Waals surface area contributed by atoms with Crippen LogP contribution >= 0.6 is 0 Å². The number of H-pyrrole nitrogens is 2. The van der Waals surface area contributed by atoms with Gasteiger partial charge < -0.3 is 20.0 Å². The lowest BCUT2D eigenvalue weighted by Crippen LogP contribution is -2.33. The highest BCUT2D eigenvalue weighted by atomic mass is 16.5. The van der Waals surface area contributed by atoms with Gasteiger partial charge in [-0.15, -0.1) is 0 Å². The van der Waals surface area contributed by atoms with E-state index >= 15 is 0 Å². The summed E-state index contributed by atoms with van der Waals surface area (Å²) in [5.41, 5.74) is 4.25. The number of fused-ring (bicyclic) bond motifs is 2. The Morgan fingerprint density at radius 3 is 2.92 bits per heavy atom. The third-order valence-electron chi connectivity index (χ3n) is 4.28. The first-order valence-corrected chi connectivity index (χ1v) is 7.89. The summed E-state index contributed by atoms with van der Waals surface area (Å²) in [5.74, 6) is -0.148. The molecule has 0 radical (unpaired) electrons. The molecule has 24 heavy (non-hydrogen) atoms. The predicted octanol–water partition coefficient (Wildman–Crippen LogP) is 1.79. The van der Waals surface area contributed by atoms with Crippen LogP contribution in [0.25, 0.3) is 11.0 Å². The fraction of sp³-hybridized carbons (Fsp3) is 0.222. The van der Waals surface area contributed by atoms with Gasteiger partial charge in [0.1, 0.15) is 0 Å². The zero-order valence-electron chi connectivity index (χ0n) is 13.0. The molecule has 0 saturated heterocycles. The van der Waals surface area contributed by atoms with Crippen LogP contribution in [0.3, 0.4) is 0 Å². The monoisotopic (exact) mass is 323 g/mol. The summed E-state index contributed by atoms with van der Waals surface area (Å²) in [5, 5.41) is 2.91. The minimum absolute atomic E-state index is 0.148. The molecule has 1 aromatic heterocycles. The SMILES string of the molecule is O=C(NCc1ccc2[nH]c(=O)[nH]c2c1)C1OCCc2ccccc21. The number of ether oxygens (including phenoxy) is 1. The van der Waals surface area contributed by atoms with E-state index in [1.54, 1.807) is 0 Å². The van der Waals surface area contributed by atoms with Crippen LogP contribution in [0, 0.1) is 0 Å². The van der Waals surface area contributed by atoms with Crippen molar-refractivity contribution in [2.24, 2.45) is 0 Å². The zero-order chi connectivity index (χ0) is 16.5. The van der Waals surface area contributed by atoms with Gasteiger partial charge in [0.05, 0.1) is 17.6 Å². The maximum absolute atomic E-state index is 12.5. The Labute approximate surface area is 137 Å². The molecular weight excluding hydrogens is 306 g/mol. The van der Waals surface area contributed by atoms with Gasteiger partial charge >= 0.3 is 5.69 Å².